The molecule has 1 atom stereocenters. The van der Waals surface area contributed by atoms with Gasteiger partial charge in [-0.1, -0.05) is 253 Å². The lowest BCUT2D eigenvalue weighted by Gasteiger charge is -2.34. The minimum Gasteiger partial charge on any atom is -0.349 e. The van der Waals surface area contributed by atoms with Gasteiger partial charge in [0.25, 0.3) is 0 Å². The summed E-state index contributed by atoms with van der Waals surface area (Å²) in [7, 11) is 20.3. The summed E-state index contributed by atoms with van der Waals surface area (Å²) in [5, 5.41) is 3.49. The molecule has 11 rings (SSSR count). The second-order valence-electron chi connectivity index (χ2n) is 53.0. The largest absolute Gasteiger partial charge is 0.349 e. The predicted molar refractivity (Wildman–Crippen MR) is 608 cm³/mol. The number of allylic oxidation sites excluding steroid dienone is 1. The van der Waals surface area contributed by atoms with Crippen LogP contribution in [0, 0.1) is 56.8 Å². The average molecular weight is 2090 g/mol. The molecule has 812 valence electrons. The molecule has 0 aliphatic heterocycles. The molecule has 24 nitrogen and oxygen atoms in total. The minimum absolute atomic E-state index is 0.00851. The highest BCUT2D eigenvalue weighted by Gasteiger charge is 2.38. The lowest BCUT2D eigenvalue weighted by molar-refractivity contribution is -0.119. The Bertz CT molecular complexity index is 5480. The van der Waals surface area contributed by atoms with E-state index in [1.54, 1.807) is 0 Å². The van der Waals surface area contributed by atoms with E-state index in [0.717, 1.165) is 218 Å². The van der Waals surface area contributed by atoms with Crippen molar-refractivity contribution >= 4 is 33.4 Å². The molecule has 0 fully saturated rings. The van der Waals surface area contributed by atoms with E-state index in [2.05, 4.69) is 375 Å². The summed E-state index contributed by atoms with van der Waals surface area (Å²) in [5.41, 5.74) is 32.6. The molecule has 3 aliphatic rings. The molecular formula is C118H198BrClFN23O. The maximum Gasteiger partial charge on any atom is 0.217 e. The Morgan fingerprint density at radius 1 is 0.407 bits per heavy atom. The number of nitrogens with two attached hydrogens (primary N) is 1. The van der Waals surface area contributed by atoms with Gasteiger partial charge >= 0.3 is 0 Å². The summed E-state index contributed by atoms with van der Waals surface area (Å²) in [6, 6.07) is -0.0960. The molecule has 0 spiro atoms. The number of hydrogen-bond donors (Lipinski definition) is 2. The zero-order valence-electron chi connectivity index (χ0n) is 101. The fraction of sp³-hybridized carbons (Fsp3) is 0.703. The normalized spacial score (nSPS) is 14.8. The summed E-state index contributed by atoms with van der Waals surface area (Å²) < 4.78 is 13.9. The second-order valence-corrected chi connectivity index (χ2v) is 54.2. The second kappa shape index (κ2) is 53.3. The summed E-state index contributed by atoms with van der Waals surface area (Å²) in [6.07, 6.45) is 15.6. The van der Waals surface area contributed by atoms with Gasteiger partial charge < -0.3 is 35.6 Å². The molecule has 145 heavy (non-hydrogen) atoms. The van der Waals surface area contributed by atoms with Gasteiger partial charge in [0, 0.05) is 84.4 Å². The molecule has 0 bridgehead atoms. The van der Waals surface area contributed by atoms with Crippen molar-refractivity contribution in [2.24, 2.45) is 27.9 Å². The first-order valence-electron chi connectivity index (χ1n) is 52.7. The van der Waals surface area contributed by atoms with E-state index in [0.29, 0.717) is 39.6 Å². The number of nitrogens with one attached hydrogen (secondary N) is 1. The highest BCUT2D eigenvalue weighted by atomic mass is 79.9. The van der Waals surface area contributed by atoms with Crippen LogP contribution >= 0.6 is 27.5 Å². The Balaban J connectivity index is 0.000000346. The third-order valence-electron chi connectivity index (χ3n) is 24.8. The first-order chi connectivity index (χ1) is 66.0. The lowest BCUT2D eigenvalue weighted by atomic mass is 9.73. The van der Waals surface area contributed by atoms with Crippen LogP contribution in [0.2, 0.25) is 5.02 Å². The third-order valence-corrected chi connectivity index (χ3v) is 26.2. The van der Waals surface area contributed by atoms with E-state index in [1.165, 1.54) is 75.2 Å². The number of hydrogen-bond acceptors (Lipinski definition) is 23. The summed E-state index contributed by atoms with van der Waals surface area (Å²) in [4.78, 5) is 95.8. The highest BCUT2D eigenvalue weighted by Crippen LogP contribution is 2.44. The van der Waals surface area contributed by atoms with Gasteiger partial charge in [-0.25, -0.2) is 84.1 Å². The van der Waals surface area contributed by atoms with Crippen molar-refractivity contribution in [3.8, 4) is 0 Å². The quantitative estimate of drug-likeness (QED) is 0.0671. The molecule has 27 heteroatoms. The van der Waals surface area contributed by atoms with E-state index in [1.807, 2.05) is 69.1 Å². The molecule has 0 saturated heterocycles. The van der Waals surface area contributed by atoms with Gasteiger partial charge in [0.2, 0.25) is 5.91 Å². The van der Waals surface area contributed by atoms with Crippen LogP contribution in [-0.2, 0) is 152 Å². The van der Waals surface area contributed by atoms with Crippen LogP contribution in [0.25, 0.3) is 0 Å². The fourth-order valence-electron chi connectivity index (χ4n) is 17.8. The van der Waals surface area contributed by atoms with Crippen LogP contribution in [0.15, 0.2) is 17.1 Å². The average Bonchev–Trinajstić information content (AvgIpc) is 0.766. The Kier molecular flexibility index (Phi) is 47.7. The molecule has 8 aromatic heterocycles. The molecule has 3 aliphatic carbocycles. The smallest absolute Gasteiger partial charge is 0.217 e. The van der Waals surface area contributed by atoms with E-state index in [4.69, 9.17) is 52.2 Å². The molecule has 0 aromatic carbocycles. The van der Waals surface area contributed by atoms with Crippen molar-refractivity contribution in [1.82, 2.24) is 110 Å². The molecule has 3 N–H and O–H groups in total. The molecule has 1 unspecified atom stereocenters. The molecule has 8 heterocycles. The van der Waals surface area contributed by atoms with Crippen LogP contribution in [0.4, 0.5) is 4.39 Å². The SMILES string of the molecule is C=CCc1c(C)nc(CN(C)C)nc1C(C)(C)C.CC(=O)NCc1nc2c(c(C(C)(C)C)n1)CC(C)(C)CC2.CC(N)c1nc2c(c(C(C)(C)C)n1)CC(C)(C)CC2.CC1(C)CCc2nc(CF)nc(C(C)(C)C)c2C1.CCCc1c(C)nc(CN(C)C)nc1C(C)(C)C.Cc1nc(CN(C)C)nc(C(C)(C)C)c1Br.Cc1nc(CN(C)C)nc(C(C)(C)C)c1CC(C)C.Cc1nc(CN(C)C)nc(C(C)(C)C)c1Cl. The molecule has 8 aromatic rings. The van der Waals surface area contributed by atoms with E-state index in [9.17, 15) is 9.18 Å². The van der Waals surface area contributed by atoms with Crippen molar-refractivity contribution in [1.29, 1.82) is 0 Å². The number of halogens is 3. The summed E-state index contributed by atoms with van der Waals surface area (Å²) >= 11 is 9.83. The Morgan fingerprint density at radius 2 is 0.690 bits per heavy atom. The van der Waals surface area contributed by atoms with Gasteiger partial charge in [-0.3, -0.25) is 4.79 Å². The monoisotopic (exact) mass is 2090 g/mol. The molecule has 1 amide bonds. The third kappa shape index (κ3) is 41.9. The fourth-order valence-corrected chi connectivity index (χ4v) is 18.9. The number of rotatable bonds is 20. The number of amides is 1. The van der Waals surface area contributed by atoms with Gasteiger partial charge in [-0.2, -0.15) is 0 Å². The van der Waals surface area contributed by atoms with Gasteiger partial charge in [-0.15, -0.1) is 6.58 Å². The number of nitrogens with zero attached hydrogens (tertiary/aromatic N) is 21. The standard InChI is InChI=1S/C17H27N3O.C16H27N3.C16H29N3.C15H23FN2.C15H27N3.C15H25N3.C12H20BrN3.C12H20ClN3/c1-11(21)18-10-14-19-13-7-8-17(5,6)9-12(13)15(20-14)16(2,3)4;1-10(17)14-18-12-7-8-16(5,6)9-11(12)13(19-14)15(2,3)4;1-11(2)9-13-12(3)17-14(10-19(7)8)18-15(13)16(4,5)6;1-14(2,3)13-10-8-15(4,5)7-6-11(10)17-12(9-16)18-13;2*1-8-9-12-11(2)16-13(10-18(6)7)17-14(12)15(3,4)5;2*1-8-10(13)11(12(2,3)4)15-9(14-8)7-16(5)6/h7-10H2,1-6H3,(H,18,21);10H,7-9,17H2,1-6H3;11H,9-10H2,1-8H3;6-9H2,1-5H3;8-10H2,1-7H3;8H,1,9-10H2,2-7H3;2*7H2,1-6H3. The number of carbonyl (C=O) groups is 1. The van der Waals surface area contributed by atoms with Crippen molar-refractivity contribution in [2.45, 2.75) is 456 Å². The summed E-state index contributed by atoms with van der Waals surface area (Å²) in [5.74, 6) is 6.93. The van der Waals surface area contributed by atoms with Crippen LogP contribution < -0.4 is 11.1 Å². The van der Waals surface area contributed by atoms with E-state index < -0.39 is 6.67 Å². The van der Waals surface area contributed by atoms with Crippen molar-refractivity contribution < 1.29 is 9.18 Å². The van der Waals surface area contributed by atoms with Crippen molar-refractivity contribution in [3.63, 3.8) is 0 Å². The number of fused-ring (bicyclic) bond motifs is 3. The Labute approximate surface area is 893 Å². The maximum atomic E-state index is 12.9. The summed E-state index contributed by atoms with van der Waals surface area (Å²) in [6.45, 7) is 94.3. The van der Waals surface area contributed by atoms with Crippen LogP contribution in [0.5, 0.6) is 0 Å². The van der Waals surface area contributed by atoms with Crippen LogP contribution in [0.1, 0.15) is 445 Å². The molecule has 0 saturated carbocycles. The zero-order valence-corrected chi connectivity index (χ0v) is 103. The number of carbonyl (C=O) groups excluding carboxylic acids is 1. The molecular weight excluding hydrogens is 1890 g/mol. The predicted octanol–water partition coefficient (Wildman–Crippen LogP) is 25.0. The van der Waals surface area contributed by atoms with E-state index >= 15 is 0 Å². The maximum absolute atomic E-state index is 12.9. The number of aryl methyl sites for hydroxylation is 8. The Hall–Kier alpha value is -7.69. The highest BCUT2D eigenvalue weighted by molar-refractivity contribution is 9.10. The first-order valence-corrected chi connectivity index (χ1v) is 53.9. The van der Waals surface area contributed by atoms with Gasteiger partial charge in [0.05, 0.1) is 112 Å². The zero-order chi connectivity index (χ0) is 111. The number of alkyl halides is 1. The van der Waals surface area contributed by atoms with E-state index in [-0.39, 0.29) is 55.3 Å². The first kappa shape index (κ1) is 130. The topological polar surface area (TPSA) is 278 Å². The van der Waals surface area contributed by atoms with Gasteiger partial charge in [0.1, 0.15) is 47.4 Å². The lowest BCUT2D eigenvalue weighted by Crippen LogP contribution is -2.30. The van der Waals surface area contributed by atoms with Crippen molar-refractivity contribution in [3.05, 3.63) is 193 Å². The minimum atomic E-state index is -0.570. The van der Waals surface area contributed by atoms with Gasteiger partial charge in [0.15, 0.2) is 5.82 Å². The van der Waals surface area contributed by atoms with Crippen molar-refractivity contribution in [2.75, 3.05) is 70.5 Å². The Morgan fingerprint density at radius 3 is 1.01 bits per heavy atom. The number of aromatic nitrogens is 16. The molecule has 0 radical (unpaired) electrons. The van der Waals surface area contributed by atoms with Crippen LogP contribution in [0.3, 0.4) is 0 Å². The van der Waals surface area contributed by atoms with Gasteiger partial charge in [-0.05, 0) is 261 Å². The van der Waals surface area contributed by atoms with Crippen LogP contribution in [-0.4, -0.2) is 181 Å².